The summed E-state index contributed by atoms with van der Waals surface area (Å²) >= 11 is 0. The van der Waals surface area contributed by atoms with E-state index in [0.29, 0.717) is 37.2 Å². The van der Waals surface area contributed by atoms with Crippen molar-refractivity contribution >= 4 is 5.91 Å². The number of benzene rings is 1. The number of rotatable bonds is 11. The van der Waals surface area contributed by atoms with E-state index in [1.165, 1.54) is 5.56 Å². The number of nitrogens with zero attached hydrogens (tertiary/aromatic N) is 2. The summed E-state index contributed by atoms with van der Waals surface area (Å²) in [5.41, 5.74) is 1.29. The Bertz CT molecular complexity index is 830. The minimum Gasteiger partial charge on any atom is -0.459 e. The topological polar surface area (TPSA) is 85.6 Å². The molecule has 1 aromatic carbocycles. The van der Waals surface area contributed by atoms with Gasteiger partial charge in [0.25, 0.3) is 17.7 Å². The fraction of sp³-hybridized carbons (Fsp3) is 0.381. The maximum atomic E-state index is 12.3. The first-order valence-corrected chi connectivity index (χ1v) is 9.75. The number of nitrogens with one attached hydrogen (secondary N) is 2. The highest BCUT2D eigenvalue weighted by Gasteiger charge is 2.19. The molecule has 148 valence electrons. The Balaban J connectivity index is 1.44. The van der Waals surface area contributed by atoms with E-state index in [2.05, 4.69) is 34.6 Å². The lowest BCUT2D eigenvalue weighted by Crippen LogP contribution is -3.12. The Labute approximate surface area is 164 Å². The minimum atomic E-state index is 0.0438. The summed E-state index contributed by atoms with van der Waals surface area (Å²) in [6, 6.07) is 13.8. The number of hydrogen-bond donors (Lipinski definition) is 2. The van der Waals surface area contributed by atoms with Crippen LogP contribution in [0, 0.1) is 0 Å². The van der Waals surface area contributed by atoms with Crippen LogP contribution in [0.15, 0.2) is 57.6 Å². The summed E-state index contributed by atoms with van der Waals surface area (Å²) in [4.78, 5) is 13.4. The van der Waals surface area contributed by atoms with Crippen molar-refractivity contribution in [1.82, 2.24) is 15.5 Å². The molecule has 2 N–H and O–H groups in total. The monoisotopic (exact) mass is 383 g/mol. The van der Waals surface area contributed by atoms with Gasteiger partial charge in [-0.1, -0.05) is 37.3 Å². The highest BCUT2D eigenvalue weighted by Crippen LogP contribution is 2.17. The van der Waals surface area contributed by atoms with Crippen molar-refractivity contribution in [3.63, 3.8) is 0 Å². The third-order valence-corrected chi connectivity index (χ3v) is 4.42. The molecule has 2 aromatic heterocycles. The number of carbonyl (C=O) groups excluding carboxylic acids is 1. The van der Waals surface area contributed by atoms with Crippen molar-refractivity contribution in [2.75, 3.05) is 19.6 Å². The van der Waals surface area contributed by atoms with E-state index in [0.717, 1.165) is 30.7 Å². The van der Waals surface area contributed by atoms with Gasteiger partial charge in [0, 0.05) is 6.54 Å². The Morgan fingerprint density at radius 1 is 1.14 bits per heavy atom. The third-order valence-electron chi connectivity index (χ3n) is 4.42. The molecular weight excluding hydrogens is 356 g/mol. The van der Waals surface area contributed by atoms with Crippen LogP contribution in [0.2, 0.25) is 0 Å². The van der Waals surface area contributed by atoms with E-state index in [4.69, 9.17) is 8.83 Å². The van der Waals surface area contributed by atoms with Gasteiger partial charge >= 0.3 is 0 Å². The van der Waals surface area contributed by atoms with E-state index in [1.807, 2.05) is 18.2 Å². The van der Waals surface area contributed by atoms with Crippen LogP contribution in [0.3, 0.4) is 0 Å². The molecule has 7 heteroatoms. The predicted octanol–water partition coefficient (Wildman–Crippen LogP) is 1.87. The van der Waals surface area contributed by atoms with Gasteiger partial charge in [0.1, 0.15) is 0 Å². The second-order valence-corrected chi connectivity index (χ2v) is 6.77. The molecular formula is C21H27N4O3+. The zero-order chi connectivity index (χ0) is 19.6. The number of carbonyl (C=O) groups is 1. The van der Waals surface area contributed by atoms with Gasteiger partial charge in [0.05, 0.1) is 12.8 Å². The molecule has 2 heterocycles. The Morgan fingerprint density at radius 2 is 2.00 bits per heavy atom. The lowest BCUT2D eigenvalue weighted by Gasteiger charge is -2.16. The predicted molar refractivity (Wildman–Crippen MR) is 104 cm³/mol. The molecule has 1 unspecified atom stereocenters. The van der Waals surface area contributed by atoms with Crippen LogP contribution < -0.4 is 10.2 Å². The van der Waals surface area contributed by atoms with E-state index >= 15 is 0 Å². The van der Waals surface area contributed by atoms with E-state index in [1.54, 1.807) is 18.4 Å². The van der Waals surface area contributed by atoms with Crippen LogP contribution in [-0.4, -0.2) is 35.7 Å². The van der Waals surface area contributed by atoms with Gasteiger partial charge in [-0.25, -0.2) is 0 Å². The first kappa shape index (κ1) is 19.8. The number of amides is 1. The molecule has 1 amide bonds. The van der Waals surface area contributed by atoms with Gasteiger partial charge in [-0.2, -0.15) is 0 Å². The molecule has 0 aliphatic heterocycles. The maximum absolute atomic E-state index is 12.3. The lowest BCUT2D eigenvalue weighted by molar-refractivity contribution is -0.907. The van der Waals surface area contributed by atoms with Gasteiger partial charge < -0.3 is 19.1 Å². The molecule has 7 nitrogen and oxygen atoms in total. The first-order chi connectivity index (χ1) is 13.7. The SMILES string of the molecule is CCC[NH+](CC(=O)NCCCc1ccccc1)Cc1nnc(-c2ccco2)o1. The summed E-state index contributed by atoms with van der Waals surface area (Å²) in [6.07, 6.45) is 4.42. The lowest BCUT2D eigenvalue weighted by atomic mass is 10.1. The van der Waals surface area contributed by atoms with Crippen molar-refractivity contribution < 1.29 is 18.5 Å². The highest BCUT2D eigenvalue weighted by molar-refractivity contribution is 5.76. The molecule has 1 atom stereocenters. The average Bonchev–Trinajstić information content (AvgIpc) is 3.38. The molecule has 0 radical (unpaired) electrons. The van der Waals surface area contributed by atoms with Crippen LogP contribution >= 0.6 is 0 Å². The van der Waals surface area contributed by atoms with Crippen LogP contribution in [-0.2, 0) is 17.8 Å². The Hall–Kier alpha value is -2.93. The van der Waals surface area contributed by atoms with Gasteiger partial charge in [-0.15, -0.1) is 10.2 Å². The fourth-order valence-electron chi connectivity index (χ4n) is 3.09. The smallest absolute Gasteiger partial charge is 0.283 e. The first-order valence-electron chi connectivity index (χ1n) is 9.75. The van der Waals surface area contributed by atoms with Gasteiger partial charge in [0.15, 0.2) is 18.8 Å². The summed E-state index contributed by atoms with van der Waals surface area (Å²) in [7, 11) is 0. The van der Waals surface area contributed by atoms with Gasteiger partial charge in [-0.05, 0) is 37.0 Å². The van der Waals surface area contributed by atoms with Crippen molar-refractivity contribution in [2.45, 2.75) is 32.7 Å². The number of quaternary nitrogens is 1. The molecule has 0 bridgehead atoms. The van der Waals surface area contributed by atoms with Crippen LogP contribution in [0.5, 0.6) is 0 Å². The summed E-state index contributed by atoms with van der Waals surface area (Å²) in [5.74, 6) is 1.46. The van der Waals surface area contributed by atoms with E-state index < -0.39 is 0 Å². The van der Waals surface area contributed by atoms with Gasteiger partial charge in [0.2, 0.25) is 0 Å². The van der Waals surface area contributed by atoms with Crippen molar-refractivity contribution in [3.8, 4) is 11.7 Å². The maximum Gasteiger partial charge on any atom is 0.283 e. The molecule has 0 fully saturated rings. The Morgan fingerprint density at radius 3 is 2.75 bits per heavy atom. The normalized spacial score (nSPS) is 12.0. The number of aromatic nitrogens is 2. The second-order valence-electron chi connectivity index (χ2n) is 6.77. The molecule has 3 rings (SSSR count). The molecule has 0 aliphatic carbocycles. The molecule has 28 heavy (non-hydrogen) atoms. The van der Waals surface area contributed by atoms with E-state index in [-0.39, 0.29) is 5.91 Å². The standard InChI is InChI=1S/C21H26N4O3/c1-2-13-25(16-20-23-24-21(28-20)18-11-7-14-27-18)15-19(26)22-12-6-10-17-8-4-3-5-9-17/h3-5,7-9,11,14H,2,6,10,12-13,15-16H2,1H3,(H,22,26)/p+1. The van der Waals surface area contributed by atoms with Crippen LogP contribution in [0.1, 0.15) is 31.2 Å². The summed E-state index contributed by atoms with van der Waals surface area (Å²) in [6.45, 7) is 4.53. The zero-order valence-electron chi connectivity index (χ0n) is 16.2. The highest BCUT2D eigenvalue weighted by atomic mass is 16.4. The fourth-order valence-corrected chi connectivity index (χ4v) is 3.09. The number of aryl methyl sites for hydroxylation is 1. The van der Waals surface area contributed by atoms with Crippen molar-refractivity contribution in [1.29, 1.82) is 0 Å². The summed E-state index contributed by atoms with van der Waals surface area (Å²) < 4.78 is 10.9. The quantitative estimate of drug-likeness (QED) is 0.494. The number of hydrogen-bond acceptors (Lipinski definition) is 5. The average molecular weight is 383 g/mol. The van der Waals surface area contributed by atoms with Crippen molar-refractivity contribution in [2.24, 2.45) is 0 Å². The van der Waals surface area contributed by atoms with E-state index in [9.17, 15) is 4.79 Å². The number of furan rings is 1. The van der Waals surface area contributed by atoms with Gasteiger partial charge in [-0.3, -0.25) is 4.79 Å². The van der Waals surface area contributed by atoms with Crippen LogP contribution in [0.4, 0.5) is 0 Å². The molecule has 0 spiro atoms. The molecule has 0 saturated heterocycles. The molecule has 0 saturated carbocycles. The minimum absolute atomic E-state index is 0.0438. The Kier molecular flexibility index (Phi) is 7.37. The summed E-state index contributed by atoms with van der Waals surface area (Å²) in [5, 5.41) is 11.1. The molecule has 3 aromatic rings. The largest absolute Gasteiger partial charge is 0.459 e. The van der Waals surface area contributed by atoms with Crippen molar-refractivity contribution in [3.05, 3.63) is 60.2 Å². The third kappa shape index (κ3) is 6.06. The zero-order valence-corrected chi connectivity index (χ0v) is 16.2. The second kappa shape index (κ2) is 10.4. The van der Waals surface area contributed by atoms with Crippen LogP contribution in [0.25, 0.3) is 11.7 Å². The molecule has 0 aliphatic rings.